The zero-order valence-corrected chi connectivity index (χ0v) is 15.9. The molecule has 1 aromatic heterocycles. The average Bonchev–Trinajstić information content (AvgIpc) is 3.24. The Bertz CT molecular complexity index is 1040. The van der Waals surface area contributed by atoms with Gasteiger partial charge in [-0.25, -0.2) is 0 Å². The smallest absolute Gasteiger partial charge is 0.270 e. The molecule has 1 saturated heterocycles. The predicted octanol–water partition coefficient (Wildman–Crippen LogP) is 4.32. The SMILES string of the molecule is Cc1ccc(-c2noc([C@H]3CCCCN3C(=O)c3cccc([N+](=O)[O-])c3)n2)cc1. The molecule has 2 aromatic carbocycles. The molecule has 1 atom stereocenters. The molecule has 8 heteroatoms. The highest BCUT2D eigenvalue weighted by Gasteiger charge is 2.33. The molecule has 3 aromatic rings. The van der Waals surface area contributed by atoms with E-state index in [1.165, 1.54) is 18.2 Å². The molecule has 1 fully saturated rings. The Balaban J connectivity index is 1.61. The zero-order valence-electron chi connectivity index (χ0n) is 15.9. The van der Waals surface area contributed by atoms with Crippen molar-refractivity contribution in [3.8, 4) is 11.4 Å². The molecular weight excluding hydrogens is 372 g/mol. The van der Waals surface area contributed by atoms with Crippen LogP contribution < -0.4 is 0 Å². The fraction of sp³-hybridized carbons (Fsp3) is 0.286. The lowest BCUT2D eigenvalue weighted by atomic mass is 10.0. The Morgan fingerprint density at radius 1 is 1.21 bits per heavy atom. The third-order valence-corrected chi connectivity index (χ3v) is 5.10. The van der Waals surface area contributed by atoms with E-state index in [-0.39, 0.29) is 23.2 Å². The van der Waals surface area contributed by atoms with Crippen LogP contribution >= 0.6 is 0 Å². The second-order valence-corrected chi connectivity index (χ2v) is 7.14. The van der Waals surface area contributed by atoms with E-state index in [1.807, 2.05) is 31.2 Å². The topological polar surface area (TPSA) is 102 Å². The summed E-state index contributed by atoms with van der Waals surface area (Å²) in [6.45, 7) is 2.54. The highest BCUT2D eigenvalue weighted by molar-refractivity contribution is 5.95. The number of likely N-dealkylation sites (tertiary alicyclic amines) is 1. The molecule has 148 valence electrons. The molecular formula is C21H20N4O4. The van der Waals surface area contributed by atoms with E-state index in [2.05, 4.69) is 10.1 Å². The van der Waals surface area contributed by atoms with Gasteiger partial charge in [0.2, 0.25) is 11.7 Å². The van der Waals surface area contributed by atoms with Crippen LogP contribution in [0.5, 0.6) is 0 Å². The maximum atomic E-state index is 13.1. The Labute approximate surface area is 167 Å². The van der Waals surface area contributed by atoms with Gasteiger partial charge in [0.05, 0.1) is 4.92 Å². The van der Waals surface area contributed by atoms with Gasteiger partial charge in [-0.05, 0) is 32.3 Å². The molecule has 0 spiro atoms. The van der Waals surface area contributed by atoms with Crippen molar-refractivity contribution >= 4 is 11.6 Å². The number of piperidine rings is 1. The van der Waals surface area contributed by atoms with Gasteiger partial charge in [0, 0.05) is 29.8 Å². The van der Waals surface area contributed by atoms with Gasteiger partial charge in [-0.3, -0.25) is 14.9 Å². The summed E-state index contributed by atoms with van der Waals surface area (Å²) >= 11 is 0. The summed E-state index contributed by atoms with van der Waals surface area (Å²) in [5, 5.41) is 15.1. The number of rotatable bonds is 4. The molecule has 1 aliphatic rings. The normalized spacial score (nSPS) is 16.6. The molecule has 2 heterocycles. The first-order valence-electron chi connectivity index (χ1n) is 9.49. The van der Waals surface area contributed by atoms with Crippen LogP contribution in [0, 0.1) is 17.0 Å². The molecule has 0 radical (unpaired) electrons. The Morgan fingerprint density at radius 2 is 2.00 bits per heavy atom. The Kier molecular flexibility index (Phi) is 5.07. The maximum Gasteiger partial charge on any atom is 0.270 e. The number of benzene rings is 2. The van der Waals surface area contributed by atoms with Crippen molar-refractivity contribution in [1.29, 1.82) is 0 Å². The molecule has 8 nitrogen and oxygen atoms in total. The summed E-state index contributed by atoms with van der Waals surface area (Å²) in [5.41, 5.74) is 2.16. The van der Waals surface area contributed by atoms with Crippen molar-refractivity contribution in [2.45, 2.75) is 32.2 Å². The van der Waals surface area contributed by atoms with Crippen LogP contribution in [0.15, 0.2) is 53.1 Å². The number of aryl methyl sites for hydroxylation is 1. The van der Waals surface area contributed by atoms with Crippen molar-refractivity contribution in [3.05, 3.63) is 75.7 Å². The second-order valence-electron chi connectivity index (χ2n) is 7.14. The molecule has 1 amide bonds. The van der Waals surface area contributed by atoms with Gasteiger partial charge < -0.3 is 9.42 Å². The van der Waals surface area contributed by atoms with E-state index in [1.54, 1.807) is 11.0 Å². The molecule has 4 rings (SSSR count). The largest absolute Gasteiger partial charge is 0.337 e. The molecule has 0 unspecified atom stereocenters. The molecule has 0 N–H and O–H groups in total. The van der Waals surface area contributed by atoms with Crippen LogP contribution in [-0.4, -0.2) is 32.4 Å². The van der Waals surface area contributed by atoms with Crippen molar-refractivity contribution in [3.63, 3.8) is 0 Å². The van der Waals surface area contributed by atoms with Crippen LogP contribution in [0.25, 0.3) is 11.4 Å². The van der Waals surface area contributed by atoms with E-state index in [0.717, 1.165) is 24.0 Å². The number of carbonyl (C=O) groups is 1. The molecule has 0 aliphatic carbocycles. The first kappa shape index (κ1) is 18.8. The summed E-state index contributed by atoms with van der Waals surface area (Å²) in [7, 11) is 0. The molecule has 1 aliphatic heterocycles. The standard InChI is InChI=1S/C21H20N4O4/c1-14-8-10-15(11-9-14)19-22-20(29-23-19)18-7-2-3-12-24(18)21(26)16-5-4-6-17(13-16)25(27)28/h4-6,8-11,13,18H,2-3,7,12H2,1H3/t18-/m1/s1. The van der Waals surface area contributed by atoms with Crippen LogP contribution in [0.2, 0.25) is 0 Å². The average molecular weight is 392 g/mol. The number of aromatic nitrogens is 2. The highest BCUT2D eigenvalue weighted by atomic mass is 16.6. The number of nitro benzene ring substituents is 1. The first-order valence-corrected chi connectivity index (χ1v) is 9.49. The van der Waals surface area contributed by atoms with E-state index in [4.69, 9.17) is 4.52 Å². The van der Waals surface area contributed by atoms with Gasteiger partial charge in [-0.1, -0.05) is 41.1 Å². The minimum atomic E-state index is -0.504. The molecule has 0 bridgehead atoms. The first-order chi connectivity index (χ1) is 14.0. The Morgan fingerprint density at radius 3 is 2.76 bits per heavy atom. The van der Waals surface area contributed by atoms with Crippen LogP contribution in [0.1, 0.15) is 47.1 Å². The van der Waals surface area contributed by atoms with Gasteiger partial charge in [-0.15, -0.1) is 0 Å². The van der Waals surface area contributed by atoms with E-state index in [9.17, 15) is 14.9 Å². The number of hydrogen-bond donors (Lipinski definition) is 0. The number of non-ortho nitro benzene ring substituents is 1. The summed E-state index contributed by atoms with van der Waals surface area (Å²) < 4.78 is 5.50. The Hall–Kier alpha value is -3.55. The second kappa shape index (κ2) is 7.83. The summed E-state index contributed by atoms with van der Waals surface area (Å²) in [5.74, 6) is 0.598. The van der Waals surface area contributed by atoms with Crippen LogP contribution in [0.4, 0.5) is 5.69 Å². The summed E-state index contributed by atoms with van der Waals surface area (Å²) in [6, 6.07) is 13.2. The van der Waals surface area contributed by atoms with Gasteiger partial charge in [0.1, 0.15) is 6.04 Å². The number of amides is 1. The van der Waals surface area contributed by atoms with E-state index in [0.29, 0.717) is 24.7 Å². The predicted molar refractivity (Wildman–Crippen MR) is 105 cm³/mol. The fourth-order valence-electron chi connectivity index (χ4n) is 3.54. The number of nitrogens with zero attached hydrogens (tertiary/aromatic N) is 4. The minimum absolute atomic E-state index is 0.108. The van der Waals surface area contributed by atoms with Crippen LogP contribution in [-0.2, 0) is 0 Å². The summed E-state index contributed by atoms with van der Waals surface area (Å²) in [6.07, 6.45) is 2.50. The van der Waals surface area contributed by atoms with Crippen molar-refractivity contribution < 1.29 is 14.2 Å². The quantitative estimate of drug-likeness (QED) is 0.484. The van der Waals surface area contributed by atoms with E-state index >= 15 is 0 Å². The monoisotopic (exact) mass is 392 g/mol. The van der Waals surface area contributed by atoms with E-state index < -0.39 is 4.92 Å². The van der Waals surface area contributed by atoms with Crippen molar-refractivity contribution in [2.24, 2.45) is 0 Å². The van der Waals surface area contributed by atoms with Gasteiger partial charge in [0.15, 0.2) is 0 Å². The lowest BCUT2D eigenvalue weighted by Crippen LogP contribution is -2.38. The fourth-order valence-corrected chi connectivity index (χ4v) is 3.54. The van der Waals surface area contributed by atoms with Crippen molar-refractivity contribution in [2.75, 3.05) is 6.54 Å². The highest BCUT2D eigenvalue weighted by Crippen LogP contribution is 2.32. The lowest BCUT2D eigenvalue weighted by Gasteiger charge is -2.33. The van der Waals surface area contributed by atoms with Gasteiger partial charge in [-0.2, -0.15) is 4.98 Å². The molecule has 29 heavy (non-hydrogen) atoms. The minimum Gasteiger partial charge on any atom is -0.337 e. The van der Waals surface area contributed by atoms with Gasteiger partial charge in [0.25, 0.3) is 11.6 Å². The van der Waals surface area contributed by atoms with Crippen molar-refractivity contribution in [1.82, 2.24) is 15.0 Å². The van der Waals surface area contributed by atoms with Crippen LogP contribution in [0.3, 0.4) is 0 Å². The third kappa shape index (κ3) is 3.87. The number of nitro groups is 1. The van der Waals surface area contributed by atoms with Gasteiger partial charge >= 0.3 is 0 Å². The molecule has 0 saturated carbocycles. The maximum absolute atomic E-state index is 13.1. The zero-order chi connectivity index (χ0) is 20.4. The third-order valence-electron chi connectivity index (χ3n) is 5.10. The summed E-state index contributed by atoms with van der Waals surface area (Å²) in [4.78, 5) is 29.8. The number of carbonyl (C=O) groups excluding carboxylic acids is 1. The number of hydrogen-bond acceptors (Lipinski definition) is 6. The lowest BCUT2D eigenvalue weighted by molar-refractivity contribution is -0.384.